The van der Waals surface area contributed by atoms with Crippen molar-refractivity contribution in [2.24, 2.45) is 0 Å². The summed E-state index contributed by atoms with van der Waals surface area (Å²) in [4.78, 5) is 4.52. The number of nitrogens with zero attached hydrogens (tertiary/aromatic N) is 1. The third-order valence-electron chi connectivity index (χ3n) is 3.00. The van der Waals surface area contributed by atoms with Gasteiger partial charge >= 0.3 is 0 Å². The van der Waals surface area contributed by atoms with E-state index < -0.39 is 0 Å². The number of rotatable bonds is 5. The normalized spacial score (nSPS) is 12.4. The highest BCUT2D eigenvalue weighted by Crippen LogP contribution is 2.35. The second-order valence-electron chi connectivity index (χ2n) is 4.55. The molecule has 1 N–H and O–H groups in total. The van der Waals surface area contributed by atoms with E-state index in [4.69, 9.17) is 23.2 Å². The van der Waals surface area contributed by atoms with E-state index in [1.54, 1.807) is 12.3 Å². The van der Waals surface area contributed by atoms with Crippen LogP contribution < -0.4 is 5.32 Å². The molecule has 0 aliphatic heterocycles. The van der Waals surface area contributed by atoms with Crippen LogP contribution in [0.5, 0.6) is 0 Å². The lowest BCUT2D eigenvalue weighted by Gasteiger charge is -2.21. The van der Waals surface area contributed by atoms with Gasteiger partial charge in [-0.25, -0.2) is 0 Å². The lowest BCUT2D eigenvalue weighted by molar-refractivity contribution is 0.584. The van der Waals surface area contributed by atoms with Crippen molar-refractivity contribution in [2.45, 2.75) is 19.4 Å². The molecule has 1 aromatic carbocycles. The minimum atomic E-state index is -0.112. The molecule has 112 valence electrons. The Labute approximate surface area is 151 Å². The van der Waals surface area contributed by atoms with Crippen LogP contribution in [0.3, 0.4) is 0 Å². The molecule has 0 radical (unpaired) electrons. The van der Waals surface area contributed by atoms with Gasteiger partial charge in [0, 0.05) is 15.1 Å². The van der Waals surface area contributed by atoms with Crippen LogP contribution in [-0.2, 0) is 0 Å². The van der Waals surface area contributed by atoms with Gasteiger partial charge in [0.25, 0.3) is 0 Å². The topological polar surface area (TPSA) is 24.9 Å². The SMILES string of the molecule is CCCNC(c1cccc(Cl)c1Cl)c1ncc(Br)cc1Br. The average molecular weight is 453 g/mol. The number of halogens is 4. The molecule has 2 nitrogen and oxygen atoms in total. The third-order valence-corrected chi connectivity index (χ3v) is 4.90. The van der Waals surface area contributed by atoms with Gasteiger partial charge in [0.15, 0.2) is 0 Å². The molecule has 0 bridgehead atoms. The van der Waals surface area contributed by atoms with E-state index in [2.05, 4.69) is 49.1 Å². The van der Waals surface area contributed by atoms with Gasteiger partial charge < -0.3 is 5.32 Å². The lowest BCUT2D eigenvalue weighted by atomic mass is 10.0. The Morgan fingerprint density at radius 3 is 2.71 bits per heavy atom. The fourth-order valence-electron chi connectivity index (χ4n) is 2.02. The smallest absolute Gasteiger partial charge is 0.0778 e. The molecule has 6 heteroatoms. The first-order chi connectivity index (χ1) is 10.0. The quantitative estimate of drug-likeness (QED) is 0.601. The predicted molar refractivity (Wildman–Crippen MR) is 96.2 cm³/mol. The van der Waals surface area contributed by atoms with Crippen LogP contribution in [0.2, 0.25) is 10.0 Å². The number of benzene rings is 1. The molecular weight excluding hydrogens is 439 g/mol. The number of hydrogen-bond donors (Lipinski definition) is 1. The van der Waals surface area contributed by atoms with Crippen molar-refractivity contribution < 1.29 is 0 Å². The van der Waals surface area contributed by atoms with Crippen molar-refractivity contribution in [3.8, 4) is 0 Å². The summed E-state index contributed by atoms with van der Waals surface area (Å²) in [6.45, 7) is 2.98. The lowest BCUT2D eigenvalue weighted by Crippen LogP contribution is -2.24. The number of hydrogen-bond acceptors (Lipinski definition) is 2. The Morgan fingerprint density at radius 2 is 2.05 bits per heavy atom. The first-order valence-electron chi connectivity index (χ1n) is 6.52. The van der Waals surface area contributed by atoms with Crippen LogP contribution >= 0.6 is 55.1 Å². The number of aromatic nitrogens is 1. The highest BCUT2D eigenvalue weighted by Gasteiger charge is 2.21. The van der Waals surface area contributed by atoms with Gasteiger partial charge in [-0.1, -0.05) is 42.3 Å². The largest absolute Gasteiger partial charge is 0.305 e. The van der Waals surface area contributed by atoms with Gasteiger partial charge in [0.2, 0.25) is 0 Å². The summed E-state index contributed by atoms with van der Waals surface area (Å²) in [6, 6.07) is 7.52. The molecule has 0 aliphatic carbocycles. The average Bonchev–Trinajstić information content (AvgIpc) is 2.45. The number of nitrogens with one attached hydrogen (secondary N) is 1. The molecule has 1 unspecified atom stereocenters. The highest BCUT2D eigenvalue weighted by molar-refractivity contribution is 9.11. The second-order valence-corrected chi connectivity index (χ2v) is 7.11. The second kappa shape index (κ2) is 7.93. The summed E-state index contributed by atoms with van der Waals surface area (Å²) in [6.07, 6.45) is 2.79. The molecular formula is C15H14Br2Cl2N2. The van der Waals surface area contributed by atoms with Crippen molar-refractivity contribution in [1.29, 1.82) is 0 Å². The molecule has 2 aromatic rings. The molecule has 0 amide bonds. The maximum Gasteiger partial charge on any atom is 0.0778 e. The van der Waals surface area contributed by atoms with Crippen LogP contribution in [0.1, 0.15) is 30.6 Å². The Bertz CT molecular complexity index is 635. The Morgan fingerprint density at radius 1 is 1.29 bits per heavy atom. The summed E-state index contributed by atoms with van der Waals surface area (Å²) in [5.74, 6) is 0. The summed E-state index contributed by atoms with van der Waals surface area (Å²) in [7, 11) is 0. The zero-order chi connectivity index (χ0) is 15.4. The monoisotopic (exact) mass is 450 g/mol. The van der Waals surface area contributed by atoms with Crippen LogP contribution in [-0.4, -0.2) is 11.5 Å². The Kier molecular flexibility index (Phi) is 6.51. The molecule has 0 saturated carbocycles. The molecule has 21 heavy (non-hydrogen) atoms. The summed E-state index contributed by atoms with van der Waals surface area (Å²) in [5, 5.41) is 4.59. The standard InChI is InChI=1S/C15H14Br2Cl2N2/c1-2-6-20-14(10-4-3-5-12(18)13(10)19)15-11(17)7-9(16)8-21-15/h3-5,7-8,14,20H,2,6H2,1H3. The fraction of sp³-hybridized carbons (Fsp3) is 0.267. The summed E-state index contributed by atoms with van der Waals surface area (Å²) >= 11 is 19.5. The fourth-order valence-corrected chi connectivity index (χ4v) is 3.66. The van der Waals surface area contributed by atoms with Gasteiger partial charge in [-0.3, -0.25) is 4.98 Å². The minimum Gasteiger partial charge on any atom is -0.305 e. The van der Waals surface area contributed by atoms with Crippen molar-refractivity contribution in [1.82, 2.24) is 10.3 Å². The molecule has 1 heterocycles. The van der Waals surface area contributed by atoms with Crippen LogP contribution in [0.15, 0.2) is 39.4 Å². The first kappa shape index (κ1) is 17.2. The van der Waals surface area contributed by atoms with E-state index in [0.717, 1.165) is 33.2 Å². The van der Waals surface area contributed by atoms with Crippen LogP contribution in [0.25, 0.3) is 0 Å². The van der Waals surface area contributed by atoms with Gasteiger partial charge in [-0.2, -0.15) is 0 Å². The van der Waals surface area contributed by atoms with Crippen molar-refractivity contribution >= 4 is 55.1 Å². The number of pyridine rings is 1. The van der Waals surface area contributed by atoms with Crippen molar-refractivity contribution in [2.75, 3.05) is 6.54 Å². The van der Waals surface area contributed by atoms with Gasteiger partial charge in [-0.15, -0.1) is 0 Å². The molecule has 0 aliphatic rings. The third kappa shape index (κ3) is 4.20. The van der Waals surface area contributed by atoms with Crippen LogP contribution in [0, 0.1) is 0 Å². The summed E-state index contributed by atoms with van der Waals surface area (Å²) in [5.41, 5.74) is 1.81. The molecule has 0 spiro atoms. The predicted octanol–water partition coefficient (Wildman–Crippen LogP) is 6.00. The zero-order valence-corrected chi connectivity index (χ0v) is 16.0. The van der Waals surface area contributed by atoms with E-state index in [1.807, 2.05) is 18.2 Å². The van der Waals surface area contributed by atoms with Gasteiger partial charge in [0.1, 0.15) is 0 Å². The molecule has 0 fully saturated rings. The Balaban J connectivity index is 2.49. The molecule has 2 rings (SSSR count). The Hall–Kier alpha value is -0.130. The van der Waals surface area contributed by atoms with Crippen LogP contribution in [0.4, 0.5) is 0 Å². The molecule has 1 atom stereocenters. The van der Waals surface area contributed by atoms with E-state index >= 15 is 0 Å². The van der Waals surface area contributed by atoms with E-state index in [-0.39, 0.29) is 6.04 Å². The van der Waals surface area contributed by atoms with Crippen molar-refractivity contribution in [3.63, 3.8) is 0 Å². The van der Waals surface area contributed by atoms with E-state index in [0.29, 0.717) is 10.0 Å². The van der Waals surface area contributed by atoms with Gasteiger partial charge in [-0.05, 0) is 62.5 Å². The van der Waals surface area contributed by atoms with Crippen molar-refractivity contribution in [3.05, 3.63) is 60.7 Å². The summed E-state index contributed by atoms with van der Waals surface area (Å²) < 4.78 is 1.84. The minimum absolute atomic E-state index is 0.112. The molecule has 1 aromatic heterocycles. The highest BCUT2D eigenvalue weighted by atomic mass is 79.9. The molecule has 0 saturated heterocycles. The maximum atomic E-state index is 6.38. The van der Waals surface area contributed by atoms with E-state index in [9.17, 15) is 0 Å². The zero-order valence-electron chi connectivity index (χ0n) is 11.3. The first-order valence-corrected chi connectivity index (χ1v) is 8.87. The maximum absolute atomic E-state index is 6.38. The van der Waals surface area contributed by atoms with Gasteiger partial charge in [0.05, 0.1) is 21.8 Å². The van der Waals surface area contributed by atoms with E-state index in [1.165, 1.54) is 0 Å².